The maximum Gasteiger partial charge on any atom is 0.351 e. The first-order chi connectivity index (χ1) is 26.4. The Balaban J connectivity index is 0.000000171. The van der Waals surface area contributed by atoms with E-state index in [-0.39, 0.29) is 35.2 Å². The average molecular weight is 747 g/mol. The number of hydrogen-bond donors (Lipinski definition) is 1. The summed E-state index contributed by atoms with van der Waals surface area (Å²) < 4.78 is 47.8. The molecular weight excluding hydrogens is 700 g/mol. The highest BCUT2D eigenvalue weighted by Gasteiger charge is 2.23. The Morgan fingerprint density at radius 2 is 1.28 bits per heavy atom. The Bertz CT molecular complexity index is 2000. The molecule has 1 N–H and O–H groups in total. The van der Waals surface area contributed by atoms with Gasteiger partial charge in [-0.15, -0.1) is 0 Å². The Labute approximate surface area is 312 Å². The number of aromatic hydroxyl groups is 1. The van der Waals surface area contributed by atoms with Gasteiger partial charge in [0, 0.05) is 43.0 Å². The fourth-order valence-electron chi connectivity index (χ4n) is 6.70. The molecule has 2 atom stereocenters. The van der Waals surface area contributed by atoms with E-state index in [2.05, 4.69) is 16.9 Å². The number of phenolic OH excluding ortho intramolecular Hbond substituents is 1. The molecule has 0 spiro atoms. The van der Waals surface area contributed by atoms with E-state index in [4.69, 9.17) is 37.9 Å². The molecule has 0 saturated carbocycles. The van der Waals surface area contributed by atoms with E-state index >= 15 is 0 Å². The SMILES string of the molecule is CCCOCCOc1ccc2c(c1)CCn1c-2cc(OC[C@@H]2COCCO2)nc1=O.O=c1nc(OC[C@@H]2COCCO2)cc2n1CCc1cc(O)ccc1-2. The highest BCUT2D eigenvalue weighted by Crippen LogP contribution is 2.33. The molecule has 2 saturated heterocycles. The van der Waals surface area contributed by atoms with Crippen LogP contribution in [-0.4, -0.2) is 109 Å². The van der Waals surface area contributed by atoms with Gasteiger partial charge in [0.1, 0.15) is 43.5 Å². The van der Waals surface area contributed by atoms with Crippen LogP contribution in [0, 0.1) is 0 Å². The number of ether oxygens (including phenoxy) is 8. The molecule has 0 unspecified atom stereocenters. The first kappa shape index (κ1) is 37.5. The van der Waals surface area contributed by atoms with Crippen LogP contribution in [0.1, 0.15) is 24.5 Å². The van der Waals surface area contributed by atoms with Crippen LogP contribution in [0.5, 0.6) is 23.3 Å². The molecular formula is C39H46N4O11. The molecule has 0 aliphatic carbocycles. The maximum atomic E-state index is 12.5. The number of nitrogens with zero attached hydrogens (tertiary/aromatic N) is 4. The van der Waals surface area contributed by atoms with Crippen LogP contribution in [0.15, 0.2) is 58.1 Å². The standard InChI is InChI=1S/C22H28N2O6.C17H18N2O5/c1-2-7-26-8-10-28-17-3-4-19-16(12-17)5-6-24-20(19)13-21(23-22(24)25)30-15-18-14-27-9-11-29-18;20-12-1-2-14-11(7-12)3-4-19-15(14)8-16(18-17(19)21)24-10-13-9-22-5-6-23-13/h3-4,12-13,18H,2,5-11,14-15H2,1H3;1-2,7-8,13,20H,3-6,9-10H2/t18-;13-/m00/s1. The van der Waals surface area contributed by atoms with Gasteiger partial charge in [-0.05, 0) is 66.8 Å². The smallest absolute Gasteiger partial charge is 0.351 e. The average Bonchev–Trinajstić information content (AvgIpc) is 3.20. The van der Waals surface area contributed by atoms with Crippen molar-refractivity contribution < 1.29 is 43.0 Å². The van der Waals surface area contributed by atoms with Crippen molar-refractivity contribution in [2.24, 2.45) is 0 Å². The predicted octanol–water partition coefficient (Wildman–Crippen LogP) is 3.03. The fourth-order valence-corrected chi connectivity index (χ4v) is 6.70. The second-order valence-corrected chi connectivity index (χ2v) is 13.2. The van der Waals surface area contributed by atoms with E-state index < -0.39 is 0 Å². The van der Waals surface area contributed by atoms with Crippen LogP contribution in [-0.2, 0) is 49.6 Å². The van der Waals surface area contributed by atoms with Gasteiger partial charge in [-0.25, -0.2) is 9.59 Å². The Hall–Kier alpha value is -4.80. The van der Waals surface area contributed by atoms with Crippen LogP contribution < -0.4 is 25.6 Å². The molecule has 2 aromatic heterocycles. The van der Waals surface area contributed by atoms with Gasteiger partial charge in [0.15, 0.2) is 0 Å². The van der Waals surface area contributed by atoms with Gasteiger partial charge < -0.3 is 43.0 Å². The second-order valence-electron chi connectivity index (χ2n) is 13.2. The first-order valence-electron chi connectivity index (χ1n) is 18.5. The minimum atomic E-state index is -0.331. The number of aryl methyl sites for hydroxylation is 2. The summed E-state index contributed by atoms with van der Waals surface area (Å²) in [7, 11) is 0. The minimum absolute atomic E-state index is 0.146. The summed E-state index contributed by atoms with van der Waals surface area (Å²) in [6.45, 7) is 8.89. The Morgan fingerprint density at radius 3 is 1.83 bits per heavy atom. The lowest BCUT2D eigenvalue weighted by atomic mass is 9.97. The van der Waals surface area contributed by atoms with Crippen molar-refractivity contribution in [1.82, 2.24) is 19.1 Å². The van der Waals surface area contributed by atoms with E-state index in [9.17, 15) is 14.7 Å². The monoisotopic (exact) mass is 746 g/mol. The Morgan fingerprint density at radius 1 is 0.704 bits per heavy atom. The van der Waals surface area contributed by atoms with Gasteiger partial charge in [0.25, 0.3) is 0 Å². The van der Waals surface area contributed by atoms with Crippen LogP contribution in [0.2, 0.25) is 0 Å². The molecule has 4 aromatic rings. The summed E-state index contributed by atoms with van der Waals surface area (Å²) in [6.07, 6.45) is 2.14. The van der Waals surface area contributed by atoms with Gasteiger partial charge in [-0.2, -0.15) is 9.97 Å². The number of rotatable bonds is 12. The third-order valence-electron chi connectivity index (χ3n) is 9.35. The van der Waals surface area contributed by atoms with E-state index in [0.717, 1.165) is 58.8 Å². The number of phenols is 1. The molecule has 15 nitrogen and oxygen atoms in total. The third-order valence-corrected chi connectivity index (χ3v) is 9.35. The van der Waals surface area contributed by atoms with Crippen molar-refractivity contribution in [2.75, 3.05) is 72.7 Å². The highest BCUT2D eigenvalue weighted by molar-refractivity contribution is 5.68. The van der Waals surface area contributed by atoms with Crippen molar-refractivity contribution in [2.45, 2.75) is 51.5 Å². The fraction of sp³-hybridized carbons (Fsp3) is 0.487. The van der Waals surface area contributed by atoms with E-state index in [1.165, 1.54) is 0 Å². The zero-order chi connectivity index (χ0) is 37.3. The van der Waals surface area contributed by atoms with Crippen LogP contribution >= 0.6 is 0 Å². The molecule has 0 radical (unpaired) electrons. The van der Waals surface area contributed by atoms with Crippen molar-refractivity contribution >= 4 is 0 Å². The summed E-state index contributed by atoms with van der Waals surface area (Å²) >= 11 is 0. The molecule has 6 heterocycles. The molecule has 2 aromatic carbocycles. The second kappa shape index (κ2) is 18.0. The van der Waals surface area contributed by atoms with Crippen LogP contribution in [0.3, 0.4) is 0 Å². The third kappa shape index (κ3) is 9.28. The van der Waals surface area contributed by atoms with E-state index in [1.807, 2.05) is 30.3 Å². The quantitative estimate of drug-likeness (QED) is 0.211. The minimum Gasteiger partial charge on any atom is -0.508 e. The molecule has 8 rings (SSSR count). The molecule has 4 aliphatic heterocycles. The highest BCUT2D eigenvalue weighted by atomic mass is 16.6. The molecule has 0 amide bonds. The number of benzene rings is 2. The van der Waals surface area contributed by atoms with Crippen molar-refractivity contribution in [3.63, 3.8) is 0 Å². The lowest BCUT2D eigenvalue weighted by Gasteiger charge is -2.24. The van der Waals surface area contributed by atoms with Gasteiger partial charge in [0.05, 0.1) is 57.6 Å². The summed E-state index contributed by atoms with van der Waals surface area (Å²) in [4.78, 5) is 32.9. The Kier molecular flexibility index (Phi) is 12.5. The zero-order valence-corrected chi connectivity index (χ0v) is 30.4. The molecule has 288 valence electrons. The summed E-state index contributed by atoms with van der Waals surface area (Å²) in [6, 6.07) is 14.7. The van der Waals surface area contributed by atoms with Crippen molar-refractivity contribution in [3.8, 4) is 45.8 Å². The molecule has 0 bridgehead atoms. The van der Waals surface area contributed by atoms with Gasteiger partial charge in [-0.3, -0.25) is 9.13 Å². The maximum absolute atomic E-state index is 12.5. The topological polar surface area (TPSA) is 164 Å². The number of aromatic nitrogens is 4. The van der Waals surface area contributed by atoms with Gasteiger partial charge >= 0.3 is 11.4 Å². The van der Waals surface area contributed by atoms with Gasteiger partial charge in [0.2, 0.25) is 11.8 Å². The summed E-state index contributed by atoms with van der Waals surface area (Å²) in [5, 5.41) is 9.64. The lowest BCUT2D eigenvalue weighted by Crippen LogP contribution is -2.34. The molecule has 4 aliphatic rings. The van der Waals surface area contributed by atoms with Crippen LogP contribution in [0.4, 0.5) is 0 Å². The lowest BCUT2D eigenvalue weighted by molar-refractivity contribution is -0.102. The van der Waals surface area contributed by atoms with Crippen LogP contribution in [0.25, 0.3) is 22.5 Å². The summed E-state index contributed by atoms with van der Waals surface area (Å²) in [5.41, 5.74) is 5.00. The molecule has 15 heteroatoms. The largest absolute Gasteiger partial charge is 0.508 e. The number of hydrogen-bond acceptors (Lipinski definition) is 13. The summed E-state index contributed by atoms with van der Waals surface area (Å²) in [5.74, 6) is 1.62. The van der Waals surface area contributed by atoms with Crippen molar-refractivity contribution in [3.05, 3.63) is 80.6 Å². The normalized spacial score (nSPS) is 18.5. The van der Waals surface area contributed by atoms with E-state index in [1.54, 1.807) is 27.3 Å². The van der Waals surface area contributed by atoms with Gasteiger partial charge in [-0.1, -0.05) is 6.92 Å². The van der Waals surface area contributed by atoms with E-state index in [0.29, 0.717) is 91.5 Å². The predicted molar refractivity (Wildman–Crippen MR) is 196 cm³/mol. The molecule has 2 fully saturated rings. The zero-order valence-electron chi connectivity index (χ0n) is 30.4. The molecule has 54 heavy (non-hydrogen) atoms. The number of fused-ring (bicyclic) bond motifs is 6. The first-order valence-corrected chi connectivity index (χ1v) is 18.5. The van der Waals surface area contributed by atoms with Crippen molar-refractivity contribution in [1.29, 1.82) is 0 Å².